The number of H-pyrrole nitrogens is 1. The van der Waals surface area contributed by atoms with E-state index in [-0.39, 0.29) is 55.6 Å². The van der Waals surface area contributed by atoms with Crippen LogP contribution in [0.1, 0.15) is 64.4 Å². The molecule has 4 N–H and O–H groups in total. The number of Topliss-reactive ketones (excluding diaryl/α,β-unsaturated/α-hetero) is 1. The molecular weight excluding hydrogens is 616 g/mol. The molecule has 0 spiro atoms. The summed E-state index contributed by atoms with van der Waals surface area (Å²) in [4.78, 5) is 66.6. The van der Waals surface area contributed by atoms with Crippen LogP contribution in [-0.4, -0.2) is 76.1 Å². The second-order valence-electron chi connectivity index (χ2n) is 14.4. The Kier molecular flexibility index (Phi) is 8.97. The van der Waals surface area contributed by atoms with Gasteiger partial charge in [-0.25, -0.2) is 4.79 Å². The number of rotatable bonds is 10. The zero-order chi connectivity index (χ0) is 34.4. The Morgan fingerprint density at radius 3 is 2.67 bits per heavy atom. The van der Waals surface area contributed by atoms with E-state index in [1.807, 2.05) is 37.3 Å². The molecule has 0 radical (unpaired) electrons. The normalized spacial score (nSPS) is 32.8. The number of hydrogen-bond donors (Lipinski definition) is 4. The smallest absolute Gasteiger partial charge is 0.328 e. The third-order valence-electron chi connectivity index (χ3n) is 11.9. The second-order valence-corrected chi connectivity index (χ2v) is 14.4. The molecule has 256 valence electrons. The maximum Gasteiger partial charge on any atom is 0.328 e. The van der Waals surface area contributed by atoms with Crippen LogP contribution in [0.3, 0.4) is 0 Å². The lowest BCUT2D eigenvalue weighted by atomic mass is 9.46. The first kappa shape index (κ1) is 33.8. The minimum absolute atomic E-state index is 0.0318. The average Bonchev–Trinajstić information content (AvgIpc) is 3.59. The lowest BCUT2D eigenvalue weighted by molar-refractivity contribution is -0.181. The maximum atomic E-state index is 13.6. The van der Waals surface area contributed by atoms with Gasteiger partial charge in [0, 0.05) is 46.7 Å². The number of aromatic amines is 1. The molecule has 6 rings (SSSR count). The van der Waals surface area contributed by atoms with Crippen molar-refractivity contribution >= 4 is 40.3 Å². The highest BCUT2D eigenvalue weighted by atomic mass is 16.5. The molecule has 4 aliphatic rings. The molecule has 48 heavy (non-hydrogen) atoms. The number of ketones is 2. The highest BCUT2D eigenvalue weighted by Gasteiger charge is 2.68. The summed E-state index contributed by atoms with van der Waals surface area (Å²) in [5.41, 5.74) is -0.424. The van der Waals surface area contributed by atoms with Crippen molar-refractivity contribution in [2.24, 2.45) is 28.6 Å². The summed E-state index contributed by atoms with van der Waals surface area (Å²) >= 11 is 0. The first-order valence-corrected chi connectivity index (χ1v) is 16.8. The molecule has 11 nitrogen and oxygen atoms in total. The van der Waals surface area contributed by atoms with E-state index >= 15 is 0 Å². The topological polar surface area (TPSA) is 172 Å². The zero-order valence-electron chi connectivity index (χ0n) is 27.6. The number of aliphatic hydroxyl groups excluding tert-OH is 1. The van der Waals surface area contributed by atoms with Crippen molar-refractivity contribution in [1.29, 1.82) is 0 Å². The lowest BCUT2D eigenvalue weighted by Crippen LogP contribution is -2.61. The van der Waals surface area contributed by atoms with Crippen LogP contribution < -0.4 is 5.32 Å². The van der Waals surface area contributed by atoms with Crippen molar-refractivity contribution in [2.45, 2.75) is 83.0 Å². The monoisotopic (exact) mass is 660 g/mol. The number of aromatic nitrogens is 1. The van der Waals surface area contributed by atoms with Crippen LogP contribution in [0.4, 0.5) is 0 Å². The average molecular weight is 661 g/mol. The van der Waals surface area contributed by atoms with Crippen LogP contribution in [-0.2, 0) is 39.9 Å². The summed E-state index contributed by atoms with van der Waals surface area (Å²) in [5, 5.41) is 27.0. The van der Waals surface area contributed by atoms with E-state index in [4.69, 9.17) is 9.47 Å². The van der Waals surface area contributed by atoms with Crippen LogP contribution in [0.15, 0.2) is 54.3 Å². The Bertz CT molecular complexity index is 1710. The van der Waals surface area contributed by atoms with E-state index < -0.39 is 58.8 Å². The number of amides is 1. The number of esters is 2. The van der Waals surface area contributed by atoms with Crippen LogP contribution >= 0.6 is 0 Å². The summed E-state index contributed by atoms with van der Waals surface area (Å²) in [6, 6.07) is 6.61. The third kappa shape index (κ3) is 5.70. The van der Waals surface area contributed by atoms with Gasteiger partial charge < -0.3 is 30.0 Å². The van der Waals surface area contributed by atoms with Crippen LogP contribution in [0.25, 0.3) is 10.9 Å². The molecule has 3 saturated carbocycles. The predicted octanol–water partition coefficient (Wildman–Crippen LogP) is 3.27. The molecule has 2 aromatic rings. The van der Waals surface area contributed by atoms with Gasteiger partial charge in [0.2, 0.25) is 11.7 Å². The Labute approximate surface area is 279 Å². The standard InChI is InChI=1S/C37H44N2O9/c1-35-14-12-23(40)17-22(35)8-9-25-26-13-15-37(46,36(26,2)18-29(41)33(25)35)30(42)20-48-32(44)11-10-31(43)39-28(34(45)47-3)16-21-19-38-27-7-5-4-6-24(21)27/h4-7,12,14,17,19,25-26,28-29,33,38,41,46H,8-11,13,15-16,18,20H2,1-3H3,(H,39,43)/t25-,26-,28-,29-,33+,35-,36-,37-/m0/s1. The van der Waals surface area contributed by atoms with E-state index in [2.05, 4.69) is 17.2 Å². The second kappa shape index (κ2) is 12.7. The Hall–Kier alpha value is -4.09. The largest absolute Gasteiger partial charge is 0.467 e. The molecule has 0 saturated heterocycles. The van der Waals surface area contributed by atoms with Crippen LogP contribution in [0.2, 0.25) is 0 Å². The van der Waals surface area contributed by atoms with Crippen LogP contribution in [0, 0.1) is 28.6 Å². The Balaban J connectivity index is 1.04. The quantitative estimate of drug-likeness (QED) is 0.279. The molecule has 0 bridgehead atoms. The molecular formula is C37H44N2O9. The summed E-state index contributed by atoms with van der Waals surface area (Å²) < 4.78 is 10.1. The van der Waals surface area contributed by atoms with Crippen LogP contribution in [0.5, 0.6) is 0 Å². The predicted molar refractivity (Wildman–Crippen MR) is 174 cm³/mol. The first-order valence-electron chi connectivity index (χ1n) is 16.8. The summed E-state index contributed by atoms with van der Waals surface area (Å²) in [5.74, 6) is -2.74. The molecule has 1 heterocycles. The molecule has 0 unspecified atom stereocenters. The van der Waals surface area contributed by atoms with Gasteiger partial charge in [-0.05, 0) is 67.7 Å². The number of allylic oxidation sites excluding steroid dienone is 4. The van der Waals surface area contributed by atoms with Gasteiger partial charge in [0.25, 0.3) is 0 Å². The number of nitrogens with one attached hydrogen (secondary N) is 2. The molecule has 3 fully saturated rings. The lowest BCUT2D eigenvalue weighted by Gasteiger charge is -2.59. The van der Waals surface area contributed by atoms with Gasteiger partial charge in [0.1, 0.15) is 11.6 Å². The molecule has 8 atom stereocenters. The van der Waals surface area contributed by atoms with Crippen molar-refractivity contribution in [2.75, 3.05) is 13.7 Å². The number of hydrogen-bond acceptors (Lipinski definition) is 9. The number of ether oxygens (including phenoxy) is 2. The number of fused-ring (bicyclic) bond motifs is 6. The number of methoxy groups -OCH3 is 1. The van der Waals surface area contributed by atoms with Crippen molar-refractivity contribution in [3.05, 3.63) is 59.8 Å². The van der Waals surface area contributed by atoms with Gasteiger partial charge >= 0.3 is 11.9 Å². The fourth-order valence-corrected chi connectivity index (χ4v) is 9.46. The number of benzene rings is 1. The summed E-state index contributed by atoms with van der Waals surface area (Å²) in [7, 11) is 1.23. The van der Waals surface area contributed by atoms with E-state index in [1.54, 1.807) is 18.3 Å². The van der Waals surface area contributed by atoms with Gasteiger partial charge in [-0.3, -0.25) is 19.2 Å². The maximum absolute atomic E-state index is 13.6. The molecule has 0 aliphatic heterocycles. The molecule has 1 aromatic heterocycles. The number of carbonyl (C=O) groups is 5. The van der Waals surface area contributed by atoms with E-state index in [0.29, 0.717) is 12.8 Å². The minimum atomic E-state index is -1.78. The summed E-state index contributed by atoms with van der Waals surface area (Å²) in [6.45, 7) is 3.27. The third-order valence-corrected chi connectivity index (χ3v) is 11.9. The number of carbonyl (C=O) groups excluding carboxylic acids is 5. The van der Waals surface area contributed by atoms with Crippen molar-refractivity contribution in [3.63, 3.8) is 0 Å². The van der Waals surface area contributed by atoms with Crippen molar-refractivity contribution in [3.8, 4) is 0 Å². The van der Waals surface area contributed by atoms with E-state index in [9.17, 15) is 34.2 Å². The Morgan fingerprint density at radius 2 is 1.90 bits per heavy atom. The minimum Gasteiger partial charge on any atom is -0.467 e. The number of para-hydroxylation sites is 1. The fraction of sp³-hybridized carbons (Fsp3) is 0.541. The number of aliphatic hydroxyl groups is 2. The zero-order valence-corrected chi connectivity index (χ0v) is 27.6. The highest BCUT2D eigenvalue weighted by Crippen LogP contribution is 2.67. The van der Waals surface area contributed by atoms with Crippen molar-refractivity contribution < 1.29 is 43.7 Å². The molecule has 1 aromatic carbocycles. The SMILES string of the molecule is COC(=O)[C@H](Cc1c[nH]c2ccccc12)NC(=O)CCC(=O)OCC(=O)[C@@]1(O)CC[C@H]2[C@@H]3CCC4=CC(=O)C=C[C@]4(C)[C@H]3[C@@H](O)C[C@@]21C. The molecule has 1 amide bonds. The Morgan fingerprint density at radius 1 is 1.12 bits per heavy atom. The van der Waals surface area contributed by atoms with Gasteiger partial charge in [-0.1, -0.05) is 43.7 Å². The van der Waals surface area contributed by atoms with Gasteiger partial charge in [0.05, 0.1) is 19.6 Å². The molecule has 4 aliphatic carbocycles. The molecule has 11 heteroatoms. The highest BCUT2D eigenvalue weighted by molar-refractivity contribution is 6.01. The van der Waals surface area contributed by atoms with Gasteiger partial charge in [0.15, 0.2) is 12.4 Å². The first-order chi connectivity index (χ1) is 22.8. The van der Waals surface area contributed by atoms with Crippen molar-refractivity contribution in [1.82, 2.24) is 10.3 Å². The van der Waals surface area contributed by atoms with Gasteiger partial charge in [-0.15, -0.1) is 0 Å². The fourth-order valence-electron chi connectivity index (χ4n) is 9.46. The van der Waals surface area contributed by atoms with E-state index in [0.717, 1.165) is 28.5 Å². The summed E-state index contributed by atoms with van der Waals surface area (Å²) in [6.07, 6.45) is 8.20. The van der Waals surface area contributed by atoms with E-state index in [1.165, 1.54) is 7.11 Å². The van der Waals surface area contributed by atoms with Gasteiger partial charge in [-0.2, -0.15) is 0 Å².